The maximum absolute atomic E-state index is 6.39. The first-order chi connectivity index (χ1) is 12.6. The van der Waals surface area contributed by atoms with Crippen molar-refractivity contribution in [2.24, 2.45) is 5.73 Å². The van der Waals surface area contributed by atoms with Crippen LogP contribution in [0.2, 0.25) is 0 Å². The number of aromatic nitrogens is 4. The molecule has 4 aromatic rings. The van der Waals surface area contributed by atoms with Gasteiger partial charge in [-0.15, -0.1) is 0 Å². The maximum atomic E-state index is 6.39. The van der Waals surface area contributed by atoms with E-state index < -0.39 is 0 Å². The van der Waals surface area contributed by atoms with Gasteiger partial charge in [0.2, 0.25) is 0 Å². The number of hydrogen-bond acceptors (Lipinski definition) is 5. The van der Waals surface area contributed by atoms with Crippen molar-refractivity contribution in [3.8, 4) is 11.1 Å². The molecule has 0 aliphatic rings. The summed E-state index contributed by atoms with van der Waals surface area (Å²) < 4.78 is 1.77. The van der Waals surface area contributed by atoms with Crippen LogP contribution in [0.1, 0.15) is 17.3 Å². The summed E-state index contributed by atoms with van der Waals surface area (Å²) in [5.74, 6) is 0. The Morgan fingerprint density at radius 1 is 1.08 bits per heavy atom. The van der Waals surface area contributed by atoms with Crippen molar-refractivity contribution in [3.63, 3.8) is 0 Å². The maximum Gasteiger partial charge on any atom is 0.163 e. The summed E-state index contributed by atoms with van der Waals surface area (Å²) in [7, 11) is 4.05. The van der Waals surface area contributed by atoms with Crippen LogP contribution in [-0.2, 0) is 0 Å². The van der Waals surface area contributed by atoms with E-state index in [4.69, 9.17) is 10.7 Å². The molecule has 0 saturated carbocycles. The zero-order valence-corrected chi connectivity index (χ0v) is 14.7. The number of hydrogen-bond donors (Lipinski definition) is 1. The van der Waals surface area contributed by atoms with Gasteiger partial charge in [0.1, 0.15) is 0 Å². The zero-order chi connectivity index (χ0) is 18.1. The molecule has 6 heteroatoms. The molecule has 0 spiro atoms. The lowest BCUT2D eigenvalue weighted by Crippen LogP contribution is -2.14. The van der Waals surface area contributed by atoms with Crippen molar-refractivity contribution in [2.45, 2.75) is 6.04 Å². The van der Waals surface area contributed by atoms with E-state index in [1.54, 1.807) is 16.9 Å². The molecule has 0 fully saturated rings. The largest absolute Gasteiger partial charge is 0.378 e. The topological polar surface area (TPSA) is 72.3 Å². The summed E-state index contributed by atoms with van der Waals surface area (Å²) in [6, 6.07) is 13.7. The number of pyridine rings is 1. The molecule has 1 aromatic carbocycles. The molecule has 0 radical (unpaired) electrons. The highest BCUT2D eigenvalue weighted by Gasteiger charge is 2.14. The summed E-state index contributed by atoms with van der Waals surface area (Å²) in [6.07, 6.45) is 7.25. The Hall–Kier alpha value is -3.25. The van der Waals surface area contributed by atoms with Crippen LogP contribution in [0, 0.1) is 0 Å². The molecule has 130 valence electrons. The SMILES string of the molecule is CN(C)c1cccc(-c2cnn3ccc(C(N)c4cccnc4)nc23)c1. The van der Waals surface area contributed by atoms with Crippen LogP contribution >= 0.6 is 0 Å². The highest BCUT2D eigenvalue weighted by molar-refractivity contribution is 5.79. The molecule has 0 saturated heterocycles. The van der Waals surface area contributed by atoms with Crippen molar-refractivity contribution < 1.29 is 0 Å². The fraction of sp³-hybridized carbons (Fsp3) is 0.150. The lowest BCUT2D eigenvalue weighted by molar-refractivity contribution is 0.809. The van der Waals surface area contributed by atoms with Gasteiger partial charge in [-0.05, 0) is 35.4 Å². The van der Waals surface area contributed by atoms with Gasteiger partial charge in [0.15, 0.2) is 5.65 Å². The van der Waals surface area contributed by atoms with E-state index in [2.05, 4.69) is 33.2 Å². The van der Waals surface area contributed by atoms with Gasteiger partial charge in [0.25, 0.3) is 0 Å². The highest BCUT2D eigenvalue weighted by atomic mass is 15.2. The van der Waals surface area contributed by atoms with Crippen LogP contribution in [0.4, 0.5) is 5.69 Å². The van der Waals surface area contributed by atoms with Gasteiger partial charge < -0.3 is 10.6 Å². The molecule has 1 unspecified atom stereocenters. The first-order valence-electron chi connectivity index (χ1n) is 8.41. The number of anilines is 1. The zero-order valence-electron chi connectivity index (χ0n) is 14.7. The van der Waals surface area contributed by atoms with Crippen LogP contribution in [0.15, 0.2) is 67.3 Å². The molecule has 3 aromatic heterocycles. The van der Waals surface area contributed by atoms with Gasteiger partial charge >= 0.3 is 0 Å². The molecule has 3 heterocycles. The van der Waals surface area contributed by atoms with E-state index in [1.807, 2.05) is 50.8 Å². The van der Waals surface area contributed by atoms with Gasteiger partial charge in [-0.25, -0.2) is 9.50 Å². The third-order valence-corrected chi connectivity index (χ3v) is 4.43. The number of nitrogens with zero attached hydrogens (tertiary/aromatic N) is 5. The van der Waals surface area contributed by atoms with E-state index in [1.165, 1.54) is 0 Å². The lowest BCUT2D eigenvalue weighted by atomic mass is 10.1. The normalized spacial score (nSPS) is 12.3. The van der Waals surface area contributed by atoms with Gasteiger partial charge in [0, 0.05) is 43.9 Å². The first-order valence-corrected chi connectivity index (χ1v) is 8.41. The summed E-state index contributed by atoms with van der Waals surface area (Å²) in [5.41, 5.74) is 12.1. The van der Waals surface area contributed by atoms with Gasteiger partial charge in [-0.2, -0.15) is 5.10 Å². The Morgan fingerprint density at radius 3 is 2.73 bits per heavy atom. The Morgan fingerprint density at radius 2 is 1.96 bits per heavy atom. The quantitative estimate of drug-likeness (QED) is 0.616. The number of benzene rings is 1. The third kappa shape index (κ3) is 2.91. The third-order valence-electron chi connectivity index (χ3n) is 4.43. The number of nitrogens with two attached hydrogens (primary N) is 1. The van der Waals surface area contributed by atoms with E-state index in [9.17, 15) is 0 Å². The molecule has 6 nitrogen and oxygen atoms in total. The second-order valence-corrected chi connectivity index (χ2v) is 6.39. The van der Waals surface area contributed by atoms with Crippen molar-refractivity contribution >= 4 is 11.3 Å². The molecule has 26 heavy (non-hydrogen) atoms. The molecular formula is C20H20N6. The Balaban J connectivity index is 1.79. The molecule has 0 aliphatic carbocycles. The van der Waals surface area contributed by atoms with Crippen molar-refractivity contribution in [3.05, 3.63) is 78.5 Å². The second-order valence-electron chi connectivity index (χ2n) is 6.39. The smallest absolute Gasteiger partial charge is 0.163 e. The van der Waals surface area contributed by atoms with Gasteiger partial charge in [-0.3, -0.25) is 4.98 Å². The van der Waals surface area contributed by atoms with Crippen molar-refractivity contribution in [2.75, 3.05) is 19.0 Å². The second kappa shape index (κ2) is 6.57. The minimum atomic E-state index is -0.329. The van der Waals surface area contributed by atoms with Crippen molar-refractivity contribution in [1.29, 1.82) is 0 Å². The average Bonchev–Trinajstić information content (AvgIpc) is 3.11. The summed E-state index contributed by atoms with van der Waals surface area (Å²) in [6.45, 7) is 0. The molecule has 0 amide bonds. The summed E-state index contributed by atoms with van der Waals surface area (Å²) >= 11 is 0. The fourth-order valence-corrected chi connectivity index (χ4v) is 2.94. The van der Waals surface area contributed by atoms with E-state index >= 15 is 0 Å². The fourth-order valence-electron chi connectivity index (χ4n) is 2.94. The molecule has 1 atom stereocenters. The number of rotatable bonds is 4. The average molecular weight is 344 g/mol. The van der Waals surface area contributed by atoms with E-state index in [-0.39, 0.29) is 6.04 Å². The standard InChI is InChI=1S/C20H20N6/c1-25(2)16-7-3-5-14(11-16)17-13-23-26-10-8-18(24-20(17)26)19(21)15-6-4-9-22-12-15/h3-13,19H,21H2,1-2H3. The Labute approximate surface area is 151 Å². The van der Waals surface area contributed by atoms with Gasteiger partial charge in [0.05, 0.1) is 17.9 Å². The van der Waals surface area contributed by atoms with Crippen LogP contribution in [-0.4, -0.2) is 33.7 Å². The Bertz CT molecular complexity index is 1040. The van der Waals surface area contributed by atoms with Crippen LogP contribution in [0.5, 0.6) is 0 Å². The monoisotopic (exact) mass is 344 g/mol. The molecule has 2 N–H and O–H groups in total. The molecule has 0 aliphatic heterocycles. The molecular weight excluding hydrogens is 324 g/mol. The first kappa shape index (κ1) is 16.2. The minimum Gasteiger partial charge on any atom is -0.378 e. The minimum absolute atomic E-state index is 0.329. The Kier molecular flexibility index (Phi) is 4.10. The van der Waals surface area contributed by atoms with Crippen LogP contribution in [0.3, 0.4) is 0 Å². The molecule has 0 bridgehead atoms. The van der Waals surface area contributed by atoms with Crippen molar-refractivity contribution in [1.82, 2.24) is 19.6 Å². The summed E-state index contributed by atoms with van der Waals surface area (Å²) in [4.78, 5) is 11.0. The predicted molar refractivity (Wildman–Crippen MR) is 103 cm³/mol. The lowest BCUT2D eigenvalue weighted by Gasteiger charge is -2.13. The van der Waals surface area contributed by atoms with Gasteiger partial charge in [-0.1, -0.05) is 18.2 Å². The van der Waals surface area contributed by atoms with Crippen LogP contribution < -0.4 is 10.6 Å². The number of fused-ring (bicyclic) bond motifs is 1. The predicted octanol–water partition coefficient (Wildman–Crippen LogP) is 2.91. The molecule has 4 rings (SSSR count). The van der Waals surface area contributed by atoms with E-state index in [0.29, 0.717) is 0 Å². The highest BCUT2D eigenvalue weighted by Crippen LogP contribution is 2.27. The van der Waals surface area contributed by atoms with Crippen LogP contribution in [0.25, 0.3) is 16.8 Å². The summed E-state index contributed by atoms with van der Waals surface area (Å²) in [5, 5.41) is 4.43. The van der Waals surface area contributed by atoms with E-state index in [0.717, 1.165) is 33.7 Å².